The predicted molar refractivity (Wildman–Crippen MR) is 78.8 cm³/mol. The number of unbranched alkanes of at least 4 members (excludes halogenated alkanes) is 1. The first-order chi connectivity index (χ1) is 8.26. The van der Waals surface area contributed by atoms with Gasteiger partial charge in [-0.05, 0) is 60.5 Å². The lowest BCUT2D eigenvalue weighted by atomic mass is 9.75. The summed E-state index contributed by atoms with van der Waals surface area (Å²) >= 11 is 1.81. The first kappa shape index (κ1) is 14.7. The topological polar surface area (TPSA) is 12.0 Å². The van der Waals surface area contributed by atoms with Gasteiger partial charge in [-0.15, -0.1) is 0 Å². The number of rotatable bonds is 9. The molecule has 0 aliphatic heterocycles. The first-order valence-corrected chi connectivity index (χ1v) is 7.86. The van der Waals surface area contributed by atoms with Crippen LogP contribution in [-0.4, -0.2) is 13.6 Å². The summed E-state index contributed by atoms with van der Waals surface area (Å²) in [5.41, 5.74) is 2.02. The highest BCUT2D eigenvalue weighted by Gasteiger charge is 2.26. The Morgan fingerprint density at radius 1 is 1.29 bits per heavy atom. The molecule has 17 heavy (non-hydrogen) atoms. The van der Waals surface area contributed by atoms with Gasteiger partial charge >= 0.3 is 0 Å². The van der Waals surface area contributed by atoms with Gasteiger partial charge in [-0.3, -0.25) is 0 Å². The van der Waals surface area contributed by atoms with Crippen LogP contribution >= 0.6 is 11.3 Å². The van der Waals surface area contributed by atoms with E-state index < -0.39 is 0 Å². The average molecular weight is 253 g/mol. The van der Waals surface area contributed by atoms with Crippen molar-refractivity contribution in [3.05, 3.63) is 22.4 Å². The van der Waals surface area contributed by atoms with Gasteiger partial charge in [0.15, 0.2) is 0 Å². The molecular weight excluding hydrogens is 226 g/mol. The summed E-state index contributed by atoms with van der Waals surface area (Å²) in [4.78, 5) is 0. The van der Waals surface area contributed by atoms with Crippen molar-refractivity contribution in [2.75, 3.05) is 13.6 Å². The Kier molecular flexibility index (Phi) is 6.83. The third kappa shape index (κ3) is 4.81. The second kappa shape index (κ2) is 7.88. The maximum absolute atomic E-state index is 3.40. The van der Waals surface area contributed by atoms with Crippen molar-refractivity contribution in [2.24, 2.45) is 5.41 Å². The van der Waals surface area contributed by atoms with Gasteiger partial charge in [-0.1, -0.05) is 26.7 Å². The molecule has 1 aromatic heterocycles. The van der Waals surface area contributed by atoms with Gasteiger partial charge in [0.05, 0.1) is 0 Å². The SMILES string of the molecule is CCCCC(CC)(CCc1ccsc1)CNC. The lowest BCUT2D eigenvalue weighted by Gasteiger charge is -2.33. The maximum Gasteiger partial charge on any atom is 0.000481 e. The third-order valence-electron chi connectivity index (χ3n) is 3.89. The fourth-order valence-electron chi connectivity index (χ4n) is 2.55. The zero-order valence-corrected chi connectivity index (χ0v) is 12.4. The van der Waals surface area contributed by atoms with E-state index in [1.807, 2.05) is 11.3 Å². The molecule has 98 valence electrons. The number of nitrogens with one attached hydrogen (secondary N) is 1. The summed E-state index contributed by atoms with van der Waals surface area (Å²) in [6, 6.07) is 2.27. The number of aryl methyl sites for hydroxylation is 1. The van der Waals surface area contributed by atoms with E-state index in [0.717, 1.165) is 6.54 Å². The largest absolute Gasteiger partial charge is 0.319 e. The molecule has 1 unspecified atom stereocenters. The van der Waals surface area contributed by atoms with Crippen LogP contribution in [0.15, 0.2) is 16.8 Å². The lowest BCUT2D eigenvalue weighted by Crippen LogP contribution is -2.32. The van der Waals surface area contributed by atoms with Crippen molar-refractivity contribution >= 4 is 11.3 Å². The van der Waals surface area contributed by atoms with Crippen LogP contribution in [0, 0.1) is 5.41 Å². The molecule has 0 aromatic carbocycles. The van der Waals surface area contributed by atoms with Crippen molar-refractivity contribution < 1.29 is 0 Å². The Labute approximate surface area is 111 Å². The molecule has 1 aromatic rings. The van der Waals surface area contributed by atoms with Gasteiger partial charge in [0.2, 0.25) is 0 Å². The van der Waals surface area contributed by atoms with Crippen molar-refractivity contribution in [1.29, 1.82) is 0 Å². The van der Waals surface area contributed by atoms with E-state index in [-0.39, 0.29) is 0 Å². The molecular formula is C15H27NS. The van der Waals surface area contributed by atoms with Gasteiger partial charge in [0.1, 0.15) is 0 Å². The molecule has 1 heterocycles. The summed E-state index contributed by atoms with van der Waals surface area (Å²) < 4.78 is 0. The van der Waals surface area contributed by atoms with Gasteiger partial charge < -0.3 is 5.32 Å². The number of hydrogen-bond acceptors (Lipinski definition) is 2. The van der Waals surface area contributed by atoms with E-state index in [2.05, 4.69) is 43.0 Å². The molecule has 0 radical (unpaired) electrons. The van der Waals surface area contributed by atoms with Crippen LogP contribution in [0.4, 0.5) is 0 Å². The van der Waals surface area contributed by atoms with Gasteiger partial charge in [-0.25, -0.2) is 0 Å². The minimum absolute atomic E-state index is 0.507. The molecule has 0 amide bonds. The van der Waals surface area contributed by atoms with Crippen LogP contribution in [0.5, 0.6) is 0 Å². The molecule has 0 fully saturated rings. The Morgan fingerprint density at radius 3 is 2.65 bits per heavy atom. The molecule has 0 saturated heterocycles. The lowest BCUT2D eigenvalue weighted by molar-refractivity contribution is 0.217. The van der Waals surface area contributed by atoms with Crippen LogP contribution in [0.1, 0.15) is 51.5 Å². The Morgan fingerprint density at radius 2 is 2.12 bits per heavy atom. The van der Waals surface area contributed by atoms with Crippen LogP contribution in [0.3, 0.4) is 0 Å². The Bertz CT molecular complexity index is 281. The van der Waals surface area contributed by atoms with Crippen LogP contribution in [-0.2, 0) is 6.42 Å². The average Bonchev–Trinajstić information content (AvgIpc) is 2.86. The Hall–Kier alpha value is -0.340. The highest BCUT2D eigenvalue weighted by Crippen LogP contribution is 2.33. The van der Waals surface area contributed by atoms with E-state index in [1.54, 1.807) is 0 Å². The van der Waals surface area contributed by atoms with Gasteiger partial charge in [0.25, 0.3) is 0 Å². The van der Waals surface area contributed by atoms with Crippen molar-refractivity contribution in [3.8, 4) is 0 Å². The summed E-state index contributed by atoms with van der Waals surface area (Å²) in [5, 5.41) is 7.88. The van der Waals surface area contributed by atoms with E-state index in [4.69, 9.17) is 0 Å². The second-order valence-corrected chi connectivity index (χ2v) is 5.90. The molecule has 1 atom stereocenters. The van der Waals surface area contributed by atoms with Crippen molar-refractivity contribution in [3.63, 3.8) is 0 Å². The summed E-state index contributed by atoms with van der Waals surface area (Å²) in [7, 11) is 2.08. The van der Waals surface area contributed by atoms with Crippen LogP contribution in [0.2, 0.25) is 0 Å². The predicted octanol–water partition coefficient (Wildman–Crippen LogP) is 4.49. The monoisotopic (exact) mass is 253 g/mol. The first-order valence-electron chi connectivity index (χ1n) is 6.92. The minimum atomic E-state index is 0.507. The molecule has 1 N–H and O–H groups in total. The zero-order valence-electron chi connectivity index (χ0n) is 11.6. The summed E-state index contributed by atoms with van der Waals surface area (Å²) in [5.74, 6) is 0. The zero-order chi connectivity index (χ0) is 12.6. The molecule has 0 saturated carbocycles. The van der Waals surface area contributed by atoms with Crippen molar-refractivity contribution in [1.82, 2.24) is 5.32 Å². The van der Waals surface area contributed by atoms with E-state index in [0.29, 0.717) is 5.41 Å². The fraction of sp³-hybridized carbons (Fsp3) is 0.733. The summed E-state index contributed by atoms with van der Waals surface area (Å²) in [6.45, 7) is 5.80. The molecule has 0 spiro atoms. The fourth-order valence-corrected chi connectivity index (χ4v) is 3.25. The van der Waals surface area contributed by atoms with E-state index >= 15 is 0 Å². The molecule has 2 heteroatoms. The van der Waals surface area contributed by atoms with Crippen LogP contribution in [0.25, 0.3) is 0 Å². The quantitative estimate of drug-likeness (QED) is 0.684. The minimum Gasteiger partial charge on any atom is -0.319 e. The maximum atomic E-state index is 3.40. The summed E-state index contributed by atoms with van der Waals surface area (Å²) in [6.07, 6.45) is 7.88. The molecule has 0 aliphatic carbocycles. The normalized spacial score (nSPS) is 14.8. The third-order valence-corrected chi connectivity index (χ3v) is 4.62. The second-order valence-electron chi connectivity index (χ2n) is 5.12. The standard InChI is InChI=1S/C15H27NS/c1-4-6-9-15(5-2,13-16-3)10-7-14-8-11-17-12-14/h8,11-12,16H,4-7,9-10,13H2,1-3H3. The smallest absolute Gasteiger partial charge is 0.000481 e. The number of thiophene rings is 1. The number of hydrogen-bond donors (Lipinski definition) is 1. The Balaban J connectivity index is 2.54. The molecule has 0 bridgehead atoms. The highest BCUT2D eigenvalue weighted by atomic mass is 32.1. The molecule has 0 aliphatic rings. The van der Waals surface area contributed by atoms with E-state index in [1.165, 1.54) is 44.1 Å². The van der Waals surface area contributed by atoms with Crippen molar-refractivity contribution in [2.45, 2.75) is 52.4 Å². The van der Waals surface area contributed by atoms with Gasteiger partial charge in [0, 0.05) is 6.54 Å². The van der Waals surface area contributed by atoms with E-state index in [9.17, 15) is 0 Å². The molecule has 1 rings (SSSR count). The van der Waals surface area contributed by atoms with Crippen LogP contribution < -0.4 is 5.32 Å². The van der Waals surface area contributed by atoms with Gasteiger partial charge in [-0.2, -0.15) is 11.3 Å². The molecule has 1 nitrogen and oxygen atoms in total. The highest BCUT2D eigenvalue weighted by molar-refractivity contribution is 7.07.